The average Bonchev–Trinajstić information content (AvgIpc) is 2.53. The maximum absolute atomic E-state index is 12.3. The highest BCUT2D eigenvalue weighted by Gasteiger charge is 2.27. The summed E-state index contributed by atoms with van der Waals surface area (Å²) in [4.78, 5) is 2.28. The Labute approximate surface area is 160 Å². The first kappa shape index (κ1) is 20.6. The molecule has 25 heavy (non-hydrogen) atoms. The number of piperazine rings is 1. The highest BCUT2D eigenvalue weighted by atomic mass is 35.5. The zero-order chi connectivity index (χ0) is 18.8. The van der Waals surface area contributed by atoms with Crippen molar-refractivity contribution in [2.45, 2.75) is 13.3 Å². The summed E-state index contributed by atoms with van der Waals surface area (Å²) in [6, 6.07) is 1.38. The molecule has 2 rings (SSSR count). The van der Waals surface area contributed by atoms with Crippen molar-refractivity contribution >= 4 is 38.9 Å². The molecule has 1 aliphatic heterocycles. The summed E-state index contributed by atoms with van der Waals surface area (Å²) < 4.78 is 27.9. The molecule has 0 unspecified atom stereocenters. The van der Waals surface area contributed by atoms with Gasteiger partial charge in [-0.3, -0.25) is 9.62 Å². The predicted molar refractivity (Wildman–Crippen MR) is 103 cm³/mol. The summed E-state index contributed by atoms with van der Waals surface area (Å²) in [6.07, 6.45) is 0.545. The minimum Gasteiger partial charge on any atom is -0.504 e. The molecule has 0 aliphatic carbocycles. The lowest BCUT2D eigenvalue weighted by Crippen LogP contribution is -2.56. The van der Waals surface area contributed by atoms with E-state index < -0.39 is 10.0 Å². The maximum Gasteiger partial charge on any atom is 0.233 e. The van der Waals surface area contributed by atoms with E-state index in [2.05, 4.69) is 23.7 Å². The van der Waals surface area contributed by atoms with Crippen molar-refractivity contribution in [3.05, 3.63) is 21.7 Å². The molecule has 1 heterocycles. The van der Waals surface area contributed by atoms with Gasteiger partial charge in [0, 0.05) is 24.5 Å². The Bertz CT molecular complexity index is 733. The van der Waals surface area contributed by atoms with Gasteiger partial charge in [-0.1, -0.05) is 23.2 Å². The van der Waals surface area contributed by atoms with E-state index in [0.717, 1.165) is 37.2 Å². The molecule has 1 fully saturated rings. The van der Waals surface area contributed by atoms with Gasteiger partial charge in [0.05, 0.1) is 43.1 Å². The van der Waals surface area contributed by atoms with E-state index in [1.165, 1.54) is 6.07 Å². The number of rotatable bonds is 6. The largest absolute Gasteiger partial charge is 0.504 e. The second kappa shape index (κ2) is 7.88. The van der Waals surface area contributed by atoms with Crippen LogP contribution in [0.15, 0.2) is 6.07 Å². The second-order valence-corrected chi connectivity index (χ2v) is 9.69. The van der Waals surface area contributed by atoms with Crippen LogP contribution in [0.5, 0.6) is 5.75 Å². The molecule has 1 saturated heterocycles. The number of nitrogens with zero attached hydrogens (tertiary/aromatic N) is 2. The van der Waals surface area contributed by atoms with Gasteiger partial charge in [0.2, 0.25) is 10.0 Å². The third-order valence-electron chi connectivity index (χ3n) is 4.84. The Morgan fingerprint density at radius 3 is 2.52 bits per heavy atom. The number of phenols is 1. The van der Waals surface area contributed by atoms with E-state index in [9.17, 15) is 13.5 Å². The molecule has 2 N–H and O–H groups in total. The fourth-order valence-corrected chi connectivity index (χ4v) is 4.47. The lowest BCUT2D eigenvalue weighted by atomic mass is 10.2. The van der Waals surface area contributed by atoms with Crippen LogP contribution in [0.1, 0.15) is 12.0 Å². The van der Waals surface area contributed by atoms with E-state index in [1.54, 1.807) is 6.92 Å². The third-order valence-corrected chi connectivity index (χ3v) is 7.05. The number of phenolic OH excluding ortho intramolecular Hbond substituents is 1. The van der Waals surface area contributed by atoms with Gasteiger partial charge in [-0.2, -0.15) is 0 Å². The van der Waals surface area contributed by atoms with Crippen LogP contribution in [0.4, 0.5) is 5.69 Å². The summed E-state index contributed by atoms with van der Waals surface area (Å²) in [6.45, 7) is 6.55. The zero-order valence-electron chi connectivity index (χ0n) is 14.8. The van der Waals surface area contributed by atoms with Crippen LogP contribution < -0.4 is 4.72 Å². The summed E-state index contributed by atoms with van der Waals surface area (Å²) in [5, 5.41) is 10.4. The van der Waals surface area contributed by atoms with Crippen molar-refractivity contribution in [3.63, 3.8) is 0 Å². The summed E-state index contributed by atoms with van der Waals surface area (Å²) in [5.74, 6) is -0.315. The molecule has 0 saturated carbocycles. The highest BCUT2D eigenvalue weighted by Crippen LogP contribution is 2.39. The molecule has 0 amide bonds. The molecule has 0 radical (unpaired) electrons. The number of halogens is 2. The fourth-order valence-electron chi connectivity index (χ4n) is 2.91. The molecule has 1 aromatic carbocycles. The molecule has 0 bridgehead atoms. The molecule has 1 aliphatic rings. The number of sulfonamides is 1. The first-order valence-corrected chi connectivity index (χ1v) is 10.6. The van der Waals surface area contributed by atoms with E-state index in [4.69, 9.17) is 23.2 Å². The number of likely N-dealkylation sites (N-methyl/N-ethyl adjacent to an activating group) is 2. The van der Waals surface area contributed by atoms with Gasteiger partial charge in [-0.15, -0.1) is 0 Å². The van der Waals surface area contributed by atoms with Crippen LogP contribution in [0.25, 0.3) is 0 Å². The van der Waals surface area contributed by atoms with Crippen molar-refractivity contribution in [2.75, 3.05) is 57.3 Å². The molecular formula is C16H26Cl2N3O3S+. The number of anilines is 1. The van der Waals surface area contributed by atoms with E-state index >= 15 is 0 Å². The van der Waals surface area contributed by atoms with E-state index in [-0.39, 0.29) is 22.2 Å². The maximum atomic E-state index is 12.3. The van der Waals surface area contributed by atoms with Crippen LogP contribution in [0.2, 0.25) is 10.0 Å². The van der Waals surface area contributed by atoms with Crippen LogP contribution in [0.3, 0.4) is 0 Å². The van der Waals surface area contributed by atoms with E-state index in [0.29, 0.717) is 17.0 Å². The number of aromatic hydroxyl groups is 1. The van der Waals surface area contributed by atoms with E-state index in [1.807, 2.05) is 0 Å². The van der Waals surface area contributed by atoms with Gasteiger partial charge in [-0.25, -0.2) is 8.42 Å². The monoisotopic (exact) mass is 410 g/mol. The van der Waals surface area contributed by atoms with Crippen LogP contribution >= 0.6 is 23.2 Å². The number of benzene rings is 1. The number of hydrogen-bond acceptors (Lipinski definition) is 4. The first-order chi connectivity index (χ1) is 11.5. The zero-order valence-corrected chi connectivity index (χ0v) is 17.2. The summed E-state index contributed by atoms with van der Waals surface area (Å²) in [5.41, 5.74) is 0.525. The third kappa shape index (κ3) is 5.37. The first-order valence-electron chi connectivity index (χ1n) is 8.23. The summed E-state index contributed by atoms with van der Waals surface area (Å²) >= 11 is 12.0. The minimum absolute atomic E-state index is 0.0144. The SMILES string of the molecule is Cc1c(Cl)cc(NS(=O)(=O)CCC[N+]2(C)CCN(C)CC2)c(O)c1Cl. The Morgan fingerprint density at radius 2 is 1.92 bits per heavy atom. The lowest BCUT2D eigenvalue weighted by molar-refractivity contribution is -0.913. The van der Waals surface area contributed by atoms with Crippen molar-refractivity contribution in [1.82, 2.24) is 4.90 Å². The number of hydrogen-bond donors (Lipinski definition) is 2. The van der Waals surface area contributed by atoms with Crippen LogP contribution in [-0.2, 0) is 10.0 Å². The molecule has 6 nitrogen and oxygen atoms in total. The molecule has 0 aromatic heterocycles. The van der Waals surface area contributed by atoms with Crippen molar-refractivity contribution in [1.29, 1.82) is 0 Å². The Morgan fingerprint density at radius 1 is 1.32 bits per heavy atom. The average molecular weight is 411 g/mol. The van der Waals surface area contributed by atoms with Crippen LogP contribution in [0, 0.1) is 6.92 Å². The molecule has 9 heteroatoms. The molecule has 0 atom stereocenters. The number of nitrogens with one attached hydrogen (secondary N) is 1. The Hall–Kier alpha value is -0.730. The lowest BCUT2D eigenvalue weighted by Gasteiger charge is -2.41. The smallest absolute Gasteiger partial charge is 0.233 e. The minimum atomic E-state index is -3.59. The van der Waals surface area contributed by atoms with Crippen molar-refractivity contribution < 1.29 is 18.0 Å². The Balaban J connectivity index is 1.97. The van der Waals surface area contributed by atoms with Crippen molar-refractivity contribution in [2.24, 2.45) is 0 Å². The second-order valence-electron chi connectivity index (χ2n) is 7.06. The number of quaternary nitrogens is 1. The van der Waals surface area contributed by atoms with Gasteiger partial charge >= 0.3 is 0 Å². The molecule has 1 aromatic rings. The highest BCUT2D eigenvalue weighted by molar-refractivity contribution is 7.92. The fraction of sp³-hybridized carbons (Fsp3) is 0.625. The van der Waals surface area contributed by atoms with Gasteiger partial charge in [0.1, 0.15) is 0 Å². The normalized spacial score (nSPS) is 18.3. The Kier molecular flexibility index (Phi) is 6.49. The standard InChI is InChI=1S/C16H25Cl2N3O3S/c1-12-13(17)11-14(16(22)15(12)18)19-25(23,24)10-4-7-21(3)8-5-20(2)6-9-21/h11,19H,4-10H2,1-3H3/p+1. The van der Waals surface area contributed by atoms with Gasteiger partial charge < -0.3 is 9.59 Å². The quantitative estimate of drug-likeness (QED) is 0.558. The topological polar surface area (TPSA) is 69.6 Å². The summed E-state index contributed by atoms with van der Waals surface area (Å²) in [7, 11) is 0.675. The molecule has 0 spiro atoms. The van der Waals surface area contributed by atoms with Gasteiger partial charge in [-0.05, 0) is 25.6 Å². The van der Waals surface area contributed by atoms with Gasteiger partial charge in [0.25, 0.3) is 0 Å². The van der Waals surface area contributed by atoms with Crippen molar-refractivity contribution in [3.8, 4) is 5.75 Å². The van der Waals surface area contributed by atoms with Crippen LogP contribution in [-0.4, -0.2) is 75.5 Å². The molecule has 142 valence electrons. The van der Waals surface area contributed by atoms with Gasteiger partial charge in [0.15, 0.2) is 5.75 Å². The predicted octanol–water partition coefficient (Wildman–Crippen LogP) is 2.53. The molecular weight excluding hydrogens is 385 g/mol.